The molecule has 120 valence electrons. The Morgan fingerprint density at radius 2 is 2.17 bits per heavy atom. The lowest BCUT2D eigenvalue weighted by molar-refractivity contribution is -0.135. The summed E-state index contributed by atoms with van der Waals surface area (Å²) in [5.74, 6) is 0.0159. The number of amides is 2. The Hall–Kier alpha value is -2.56. The van der Waals surface area contributed by atoms with Crippen molar-refractivity contribution in [2.75, 3.05) is 11.9 Å². The zero-order chi connectivity index (χ0) is 16.4. The second kappa shape index (κ2) is 6.28. The topological polar surface area (TPSA) is 69.6 Å². The lowest BCUT2D eigenvalue weighted by atomic mass is 10.1. The minimum atomic E-state index is -0.447. The number of nitrogens with one attached hydrogen (secondary N) is 1. The highest BCUT2D eigenvalue weighted by atomic mass is 16.3. The van der Waals surface area contributed by atoms with Crippen LogP contribution in [0, 0.1) is 0 Å². The maximum Gasteiger partial charge on any atom is 0.247 e. The molecule has 0 spiro atoms. The molecule has 2 aromatic carbocycles. The van der Waals surface area contributed by atoms with Gasteiger partial charge in [-0.1, -0.05) is 25.1 Å². The van der Waals surface area contributed by atoms with Crippen LogP contribution in [-0.2, 0) is 9.59 Å². The number of aromatic hydroxyl groups is 1. The minimum absolute atomic E-state index is 0.0440. The van der Waals surface area contributed by atoms with Crippen LogP contribution in [0.3, 0.4) is 0 Å². The second-order valence-electron chi connectivity index (χ2n) is 5.81. The summed E-state index contributed by atoms with van der Waals surface area (Å²) in [6.07, 6.45) is 1.91. The number of phenolic OH excluding ortho intramolecular Hbond substituents is 1. The maximum absolute atomic E-state index is 12.6. The van der Waals surface area contributed by atoms with Crippen LogP contribution in [0.4, 0.5) is 5.69 Å². The Labute approximate surface area is 134 Å². The van der Waals surface area contributed by atoms with E-state index in [9.17, 15) is 14.7 Å². The van der Waals surface area contributed by atoms with Gasteiger partial charge < -0.3 is 15.3 Å². The largest absolute Gasteiger partial charge is 0.508 e. The summed E-state index contributed by atoms with van der Waals surface area (Å²) in [7, 11) is 0. The molecule has 1 atom stereocenters. The molecular weight excluding hydrogens is 292 g/mol. The van der Waals surface area contributed by atoms with Crippen molar-refractivity contribution in [3.05, 3.63) is 36.4 Å². The van der Waals surface area contributed by atoms with E-state index in [0.29, 0.717) is 25.1 Å². The van der Waals surface area contributed by atoms with E-state index in [-0.39, 0.29) is 17.6 Å². The van der Waals surface area contributed by atoms with E-state index in [0.717, 1.165) is 17.2 Å². The van der Waals surface area contributed by atoms with Gasteiger partial charge in [0.2, 0.25) is 11.8 Å². The third-order valence-electron chi connectivity index (χ3n) is 4.30. The minimum Gasteiger partial charge on any atom is -0.508 e. The van der Waals surface area contributed by atoms with Crippen LogP contribution in [0.15, 0.2) is 36.4 Å². The number of hydrogen-bond acceptors (Lipinski definition) is 3. The van der Waals surface area contributed by atoms with Gasteiger partial charge in [-0.15, -0.1) is 0 Å². The number of carbonyl (C=O) groups excluding carboxylic acids is 2. The van der Waals surface area contributed by atoms with Crippen molar-refractivity contribution in [2.24, 2.45) is 0 Å². The summed E-state index contributed by atoms with van der Waals surface area (Å²) in [5.41, 5.74) is 0.647. The lowest BCUT2D eigenvalue weighted by Crippen LogP contribution is -2.44. The first kappa shape index (κ1) is 15.3. The summed E-state index contributed by atoms with van der Waals surface area (Å²) >= 11 is 0. The van der Waals surface area contributed by atoms with Crippen molar-refractivity contribution >= 4 is 28.3 Å². The molecule has 0 bridgehead atoms. The lowest BCUT2D eigenvalue weighted by Gasteiger charge is -2.26. The fraction of sp³-hybridized carbons (Fsp3) is 0.333. The monoisotopic (exact) mass is 312 g/mol. The second-order valence-corrected chi connectivity index (χ2v) is 5.81. The summed E-state index contributed by atoms with van der Waals surface area (Å²) in [5, 5.41) is 14.3. The summed E-state index contributed by atoms with van der Waals surface area (Å²) in [6, 6.07) is 10.2. The van der Waals surface area contributed by atoms with Gasteiger partial charge in [-0.2, -0.15) is 0 Å². The van der Waals surface area contributed by atoms with E-state index in [4.69, 9.17) is 0 Å². The predicted octanol–water partition coefficient (Wildman–Crippen LogP) is 2.88. The third kappa shape index (κ3) is 2.99. The Morgan fingerprint density at radius 3 is 2.87 bits per heavy atom. The van der Waals surface area contributed by atoms with Crippen molar-refractivity contribution in [1.29, 1.82) is 0 Å². The molecule has 0 unspecified atom stereocenters. The number of nitrogens with zero attached hydrogens (tertiary/aromatic N) is 1. The highest BCUT2D eigenvalue weighted by Gasteiger charge is 2.31. The summed E-state index contributed by atoms with van der Waals surface area (Å²) in [6.45, 7) is 2.55. The molecule has 2 N–H and O–H groups in total. The van der Waals surface area contributed by atoms with Gasteiger partial charge in [0.15, 0.2) is 0 Å². The Morgan fingerprint density at radius 1 is 1.35 bits per heavy atom. The van der Waals surface area contributed by atoms with Gasteiger partial charge in [0, 0.05) is 24.0 Å². The van der Waals surface area contributed by atoms with Crippen molar-refractivity contribution in [3.63, 3.8) is 0 Å². The SMILES string of the molecule is CC[C@H](C(=O)Nc1cccc2ccc(O)cc12)N1CCCC1=O. The van der Waals surface area contributed by atoms with Crippen LogP contribution in [0.2, 0.25) is 0 Å². The normalized spacial score (nSPS) is 15.9. The fourth-order valence-electron chi connectivity index (χ4n) is 3.13. The predicted molar refractivity (Wildman–Crippen MR) is 89.3 cm³/mol. The molecule has 0 aromatic heterocycles. The Kier molecular flexibility index (Phi) is 4.19. The van der Waals surface area contributed by atoms with E-state index in [1.807, 2.05) is 25.1 Å². The van der Waals surface area contributed by atoms with E-state index in [1.165, 1.54) is 0 Å². The zero-order valence-corrected chi connectivity index (χ0v) is 13.1. The summed E-state index contributed by atoms with van der Waals surface area (Å²) in [4.78, 5) is 26.2. The fourth-order valence-corrected chi connectivity index (χ4v) is 3.13. The average Bonchev–Trinajstić information content (AvgIpc) is 2.95. The van der Waals surface area contributed by atoms with Gasteiger partial charge >= 0.3 is 0 Å². The van der Waals surface area contributed by atoms with Crippen LogP contribution in [0.1, 0.15) is 26.2 Å². The van der Waals surface area contributed by atoms with Gasteiger partial charge in [0.1, 0.15) is 11.8 Å². The number of carbonyl (C=O) groups is 2. The van der Waals surface area contributed by atoms with Crippen LogP contribution >= 0.6 is 0 Å². The number of hydrogen-bond donors (Lipinski definition) is 2. The first-order valence-corrected chi connectivity index (χ1v) is 7.92. The smallest absolute Gasteiger partial charge is 0.247 e. The first-order chi connectivity index (χ1) is 11.1. The highest BCUT2D eigenvalue weighted by Crippen LogP contribution is 2.27. The number of likely N-dealkylation sites (tertiary alicyclic amines) is 1. The van der Waals surface area contributed by atoms with E-state index in [2.05, 4.69) is 5.32 Å². The van der Waals surface area contributed by atoms with Crippen molar-refractivity contribution in [2.45, 2.75) is 32.2 Å². The van der Waals surface area contributed by atoms with Crippen molar-refractivity contribution < 1.29 is 14.7 Å². The molecule has 5 heteroatoms. The van der Waals surface area contributed by atoms with Gasteiger partial charge in [-0.3, -0.25) is 9.59 Å². The highest BCUT2D eigenvalue weighted by molar-refractivity contribution is 6.05. The van der Waals surface area contributed by atoms with Crippen LogP contribution in [0.25, 0.3) is 10.8 Å². The number of benzene rings is 2. The molecule has 1 aliphatic heterocycles. The molecule has 0 saturated carbocycles. The molecule has 1 aliphatic rings. The maximum atomic E-state index is 12.6. The van der Waals surface area contributed by atoms with Crippen LogP contribution in [0.5, 0.6) is 5.75 Å². The third-order valence-corrected chi connectivity index (χ3v) is 4.30. The number of phenols is 1. The van der Waals surface area contributed by atoms with Gasteiger partial charge in [0.05, 0.1) is 0 Å². The van der Waals surface area contributed by atoms with Crippen molar-refractivity contribution in [3.8, 4) is 5.75 Å². The molecule has 3 rings (SSSR count). The van der Waals surface area contributed by atoms with Gasteiger partial charge in [-0.25, -0.2) is 0 Å². The molecule has 5 nitrogen and oxygen atoms in total. The average molecular weight is 312 g/mol. The quantitative estimate of drug-likeness (QED) is 0.912. The van der Waals surface area contributed by atoms with E-state index >= 15 is 0 Å². The molecular formula is C18H20N2O3. The molecule has 1 heterocycles. The number of rotatable bonds is 4. The zero-order valence-electron chi connectivity index (χ0n) is 13.1. The molecule has 0 radical (unpaired) electrons. The summed E-state index contributed by atoms with van der Waals surface area (Å²) < 4.78 is 0. The van der Waals surface area contributed by atoms with E-state index in [1.54, 1.807) is 23.1 Å². The molecule has 1 fully saturated rings. The van der Waals surface area contributed by atoms with Crippen LogP contribution in [-0.4, -0.2) is 34.4 Å². The van der Waals surface area contributed by atoms with Crippen molar-refractivity contribution in [1.82, 2.24) is 4.90 Å². The molecule has 23 heavy (non-hydrogen) atoms. The molecule has 0 aliphatic carbocycles. The Balaban J connectivity index is 1.87. The van der Waals surface area contributed by atoms with Gasteiger partial charge in [0.25, 0.3) is 0 Å². The molecule has 2 amide bonds. The number of fused-ring (bicyclic) bond motifs is 1. The number of anilines is 1. The van der Waals surface area contributed by atoms with Crippen LogP contribution < -0.4 is 5.32 Å². The van der Waals surface area contributed by atoms with Gasteiger partial charge in [-0.05, 0) is 36.4 Å². The standard InChI is InChI=1S/C18H20N2O3/c1-2-16(20-10-4-7-17(20)22)18(23)19-15-6-3-5-12-8-9-13(21)11-14(12)15/h3,5-6,8-9,11,16,21H,2,4,7,10H2,1H3,(H,19,23)/t16-/m1/s1. The Bertz CT molecular complexity index is 757. The molecule has 1 saturated heterocycles. The molecule has 2 aromatic rings. The first-order valence-electron chi connectivity index (χ1n) is 7.92. The van der Waals surface area contributed by atoms with E-state index < -0.39 is 6.04 Å².